The standard InChI is InChI=1S/C20H32N6O.HI/c1-5-19-25-24-15-26(19)11-10-22-20(21-6-2)23-13-17-8-7-9-18(12-17)27-14-16(3)4;/h7-9,12,15-16H,5-6,10-11,13-14H2,1-4H3,(H2,21,22,23);1H. The second kappa shape index (κ2) is 13.4. The maximum absolute atomic E-state index is 5.80. The SMILES string of the molecule is CCNC(=NCc1cccc(OCC(C)C)c1)NCCn1cnnc1CC.I. The van der Waals surface area contributed by atoms with E-state index in [4.69, 9.17) is 4.74 Å². The Bertz CT molecular complexity index is 716. The van der Waals surface area contributed by atoms with Gasteiger partial charge in [-0.15, -0.1) is 34.2 Å². The first-order valence-electron chi connectivity index (χ1n) is 9.73. The van der Waals surface area contributed by atoms with Crippen molar-refractivity contribution in [2.75, 3.05) is 19.7 Å². The van der Waals surface area contributed by atoms with Crippen molar-refractivity contribution in [2.24, 2.45) is 10.9 Å². The smallest absolute Gasteiger partial charge is 0.191 e. The molecule has 0 fully saturated rings. The van der Waals surface area contributed by atoms with Gasteiger partial charge >= 0.3 is 0 Å². The van der Waals surface area contributed by atoms with Crippen LogP contribution in [0.5, 0.6) is 5.75 Å². The number of aliphatic imine (C=N–C) groups is 1. The number of nitrogens with zero attached hydrogens (tertiary/aromatic N) is 4. The Balaban J connectivity index is 0.00000392. The summed E-state index contributed by atoms with van der Waals surface area (Å²) in [6, 6.07) is 8.13. The van der Waals surface area contributed by atoms with Crippen molar-refractivity contribution in [3.8, 4) is 5.75 Å². The minimum absolute atomic E-state index is 0. The van der Waals surface area contributed by atoms with Gasteiger partial charge in [-0.25, -0.2) is 4.99 Å². The van der Waals surface area contributed by atoms with Crippen molar-refractivity contribution in [3.05, 3.63) is 42.0 Å². The van der Waals surface area contributed by atoms with Crippen LogP contribution in [0.15, 0.2) is 35.6 Å². The molecule has 0 aliphatic carbocycles. The molecule has 156 valence electrons. The molecule has 0 saturated carbocycles. The van der Waals surface area contributed by atoms with Crippen LogP contribution in [-0.4, -0.2) is 40.4 Å². The molecule has 0 bridgehead atoms. The van der Waals surface area contributed by atoms with E-state index in [0.717, 1.165) is 55.8 Å². The molecule has 7 nitrogen and oxygen atoms in total. The second-order valence-corrected chi connectivity index (χ2v) is 6.77. The molecule has 2 N–H and O–H groups in total. The van der Waals surface area contributed by atoms with Gasteiger partial charge in [0.15, 0.2) is 5.96 Å². The molecule has 28 heavy (non-hydrogen) atoms. The maximum Gasteiger partial charge on any atom is 0.191 e. The molecule has 1 heterocycles. The van der Waals surface area contributed by atoms with Gasteiger partial charge in [-0.05, 0) is 30.5 Å². The van der Waals surface area contributed by atoms with Crippen LogP contribution in [0.3, 0.4) is 0 Å². The van der Waals surface area contributed by atoms with E-state index >= 15 is 0 Å². The lowest BCUT2D eigenvalue weighted by Crippen LogP contribution is -2.38. The zero-order valence-electron chi connectivity index (χ0n) is 17.3. The molecule has 0 aliphatic rings. The molecule has 0 saturated heterocycles. The topological polar surface area (TPSA) is 76.4 Å². The number of hydrogen-bond acceptors (Lipinski definition) is 4. The molecule has 1 aromatic carbocycles. The van der Waals surface area contributed by atoms with E-state index in [1.807, 2.05) is 12.1 Å². The van der Waals surface area contributed by atoms with Gasteiger partial charge in [0.25, 0.3) is 0 Å². The molecular formula is C20H33IN6O. The molecular weight excluding hydrogens is 467 g/mol. The Kier molecular flexibility index (Phi) is 11.5. The summed E-state index contributed by atoms with van der Waals surface area (Å²) in [6.45, 7) is 12.1. The Hall–Kier alpha value is -1.84. The fourth-order valence-electron chi connectivity index (χ4n) is 2.54. The lowest BCUT2D eigenvalue weighted by molar-refractivity contribution is 0.271. The number of rotatable bonds is 10. The highest BCUT2D eigenvalue weighted by molar-refractivity contribution is 14.0. The van der Waals surface area contributed by atoms with E-state index < -0.39 is 0 Å². The predicted molar refractivity (Wildman–Crippen MR) is 124 cm³/mol. The first kappa shape index (κ1) is 24.2. The third kappa shape index (κ3) is 8.45. The van der Waals surface area contributed by atoms with Gasteiger partial charge in [-0.1, -0.05) is 32.9 Å². The van der Waals surface area contributed by atoms with Gasteiger partial charge in [0, 0.05) is 26.1 Å². The van der Waals surface area contributed by atoms with Crippen LogP contribution in [0.2, 0.25) is 0 Å². The lowest BCUT2D eigenvalue weighted by Gasteiger charge is -2.13. The van der Waals surface area contributed by atoms with E-state index in [0.29, 0.717) is 12.5 Å². The van der Waals surface area contributed by atoms with Crippen LogP contribution < -0.4 is 15.4 Å². The van der Waals surface area contributed by atoms with Crippen LogP contribution >= 0.6 is 24.0 Å². The number of nitrogens with one attached hydrogen (secondary N) is 2. The van der Waals surface area contributed by atoms with Crippen molar-refractivity contribution in [1.82, 2.24) is 25.4 Å². The minimum Gasteiger partial charge on any atom is -0.493 e. The molecule has 0 amide bonds. The molecule has 0 unspecified atom stereocenters. The highest BCUT2D eigenvalue weighted by Crippen LogP contribution is 2.15. The van der Waals surface area contributed by atoms with Crippen molar-refractivity contribution < 1.29 is 4.74 Å². The molecule has 8 heteroatoms. The summed E-state index contributed by atoms with van der Waals surface area (Å²) < 4.78 is 7.86. The second-order valence-electron chi connectivity index (χ2n) is 6.77. The van der Waals surface area contributed by atoms with E-state index in [1.165, 1.54) is 0 Å². The van der Waals surface area contributed by atoms with Crippen LogP contribution in [-0.2, 0) is 19.5 Å². The Morgan fingerprint density at radius 3 is 2.79 bits per heavy atom. The molecule has 2 rings (SSSR count). The molecule has 2 aromatic rings. The first-order chi connectivity index (χ1) is 13.1. The third-order valence-electron chi connectivity index (χ3n) is 3.90. The third-order valence-corrected chi connectivity index (χ3v) is 3.90. The predicted octanol–water partition coefficient (Wildman–Crippen LogP) is 3.25. The van der Waals surface area contributed by atoms with Crippen molar-refractivity contribution >= 4 is 29.9 Å². The van der Waals surface area contributed by atoms with Gasteiger partial charge < -0.3 is 19.9 Å². The van der Waals surface area contributed by atoms with E-state index in [1.54, 1.807) is 6.33 Å². The van der Waals surface area contributed by atoms with E-state index in [-0.39, 0.29) is 24.0 Å². The number of benzene rings is 1. The summed E-state index contributed by atoms with van der Waals surface area (Å²) in [7, 11) is 0. The normalized spacial score (nSPS) is 11.2. The molecule has 1 aromatic heterocycles. The number of halogens is 1. The van der Waals surface area contributed by atoms with Gasteiger partial charge in [-0.3, -0.25) is 0 Å². The molecule has 0 aliphatic heterocycles. The zero-order chi connectivity index (χ0) is 19.5. The van der Waals surface area contributed by atoms with Crippen molar-refractivity contribution in [2.45, 2.75) is 47.2 Å². The van der Waals surface area contributed by atoms with Gasteiger partial charge in [0.1, 0.15) is 17.9 Å². The Labute approximate surface area is 185 Å². The minimum atomic E-state index is 0. The largest absolute Gasteiger partial charge is 0.493 e. The highest BCUT2D eigenvalue weighted by Gasteiger charge is 2.03. The highest BCUT2D eigenvalue weighted by atomic mass is 127. The van der Waals surface area contributed by atoms with E-state index in [2.05, 4.69) is 70.2 Å². The fourth-order valence-corrected chi connectivity index (χ4v) is 2.54. The Morgan fingerprint density at radius 1 is 1.25 bits per heavy atom. The number of ether oxygens (including phenoxy) is 1. The summed E-state index contributed by atoms with van der Waals surface area (Å²) >= 11 is 0. The number of hydrogen-bond donors (Lipinski definition) is 2. The van der Waals surface area contributed by atoms with Gasteiger partial charge in [0.2, 0.25) is 0 Å². The average molecular weight is 500 g/mol. The van der Waals surface area contributed by atoms with Crippen molar-refractivity contribution in [1.29, 1.82) is 0 Å². The van der Waals surface area contributed by atoms with E-state index in [9.17, 15) is 0 Å². The number of aryl methyl sites for hydroxylation is 1. The lowest BCUT2D eigenvalue weighted by atomic mass is 10.2. The summed E-state index contributed by atoms with van der Waals surface area (Å²) in [5.41, 5.74) is 1.13. The quantitative estimate of drug-likeness (QED) is 0.298. The first-order valence-corrected chi connectivity index (χ1v) is 9.73. The maximum atomic E-state index is 5.80. The monoisotopic (exact) mass is 500 g/mol. The van der Waals surface area contributed by atoms with Gasteiger partial charge in [-0.2, -0.15) is 0 Å². The van der Waals surface area contributed by atoms with Crippen LogP contribution in [0.4, 0.5) is 0 Å². The molecule has 0 radical (unpaired) electrons. The summed E-state index contributed by atoms with van der Waals surface area (Å²) in [6.07, 6.45) is 2.65. The van der Waals surface area contributed by atoms with Gasteiger partial charge in [0.05, 0.1) is 13.2 Å². The zero-order valence-corrected chi connectivity index (χ0v) is 19.6. The van der Waals surface area contributed by atoms with Crippen LogP contribution in [0.1, 0.15) is 39.1 Å². The Morgan fingerprint density at radius 2 is 2.07 bits per heavy atom. The molecule has 0 spiro atoms. The number of aromatic nitrogens is 3. The molecule has 0 atom stereocenters. The average Bonchev–Trinajstić information content (AvgIpc) is 3.12. The fraction of sp³-hybridized carbons (Fsp3) is 0.550. The van der Waals surface area contributed by atoms with Crippen molar-refractivity contribution in [3.63, 3.8) is 0 Å². The summed E-state index contributed by atoms with van der Waals surface area (Å²) in [5, 5.41) is 14.7. The van der Waals surface area contributed by atoms with Crippen LogP contribution in [0, 0.1) is 5.92 Å². The summed E-state index contributed by atoms with van der Waals surface area (Å²) in [5.74, 6) is 3.21. The summed E-state index contributed by atoms with van der Waals surface area (Å²) in [4.78, 5) is 4.68. The van der Waals surface area contributed by atoms with Crippen LogP contribution in [0.25, 0.3) is 0 Å². The number of guanidine groups is 1.